The minimum Gasteiger partial charge on any atom is -0.381 e. The first-order valence-electron chi connectivity index (χ1n) is 9.03. The zero-order valence-corrected chi connectivity index (χ0v) is 17.4. The van der Waals surface area contributed by atoms with Gasteiger partial charge in [-0.2, -0.15) is 0 Å². The Morgan fingerprint density at radius 1 is 1.32 bits per heavy atom. The minimum atomic E-state index is 0.0805. The minimum absolute atomic E-state index is 0.0805. The first-order valence-corrected chi connectivity index (χ1v) is 9.82. The number of aliphatic imine (C=N–C) groups is 1. The van der Waals surface area contributed by atoms with Crippen molar-refractivity contribution < 1.29 is 4.74 Å². The van der Waals surface area contributed by atoms with E-state index in [0.717, 1.165) is 49.6 Å². The largest absolute Gasteiger partial charge is 0.381 e. The molecule has 0 bridgehead atoms. The third-order valence-corrected chi connectivity index (χ3v) is 5.70. The van der Waals surface area contributed by atoms with E-state index in [2.05, 4.69) is 77.6 Å². The Bertz CT molecular complexity index is 570. The molecule has 0 saturated carbocycles. The van der Waals surface area contributed by atoms with Crippen molar-refractivity contribution in [1.82, 2.24) is 15.5 Å². The van der Waals surface area contributed by atoms with Crippen molar-refractivity contribution in [2.45, 2.75) is 38.3 Å². The Labute approximate surface area is 160 Å². The van der Waals surface area contributed by atoms with Gasteiger partial charge in [-0.05, 0) is 52.4 Å². The van der Waals surface area contributed by atoms with Crippen molar-refractivity contribution in [1.29, 1.82) is 0 Å². The fourth-order valence-electron chi connectivity index (χ4n) is 3.15. The van der Waals surface area contributed by atoms with Crippen LogP contribution in [0.1, 0.15) is 38.3 Å². The SMILES string of the molecule is CCNC(=NCC1(N(C)C)CCOCC1)NC(C)c1ccccc1Br. The van der Waals surface area contributed by atoms with Crippen LogP contribution in [0.2, 0.25) is 0 Å². The smallest absolute Gasteiger partial charge is 0.191 e. The van der Waals surface area contributed by atoms with E-state index in [1.807, 2.05) is 6.07 Å². The number of nitrogens with zero attached hydrogens (tertiary/aromatic N) is 2. The van der Waals surface area contributed by atoms with Crippen LogP contribution in [-0.4, -0.2) is 56.8 Å². The molecule has 1 aliphatic heterocycles. The maximum absolute atomic E-state index is 5.55. The Kier molecular flexibility index (Phi) is 7.72. The summed E-state index contributed by atoms with van der Waals surface area (Å²) in [5.41, 5.74) is 1.30. The third-order valence-electron chi connectivity index (χ3n) is 4.97. The highest BCUT2D eigenvalue weighted by atomic mass is 79.9. The van der Waals surface area contributed by atoms with Crippen molar-refractivity contribution in [3.63, 3.8) is 0 Å². The van der Waals surface area contributed by atoms with Gasteiger partial charge in [0.25, 0.3) is 0 Å². The van der Waals surface area contributed by atoms with Gasteiger partial charge in [-0.3, -0.25) is 4.99 Å². The normalized spacial score (nSPS) is 18.9. The molecule has 0 amide bonds. The molecule has 6 heteroatoms. The fourth-order valence-corrected chi connectivity index (χ4v) is 3.78. The van der Waals surface area contributed by atoms with Crippen LogP contribution >= 0.6 is 15.9 Å². The maximum Gasteiger partial charge on any atom is 0.191 e. The molecule has 1 aromatic rings. The fraction of sp³-hybridized carbons (Fsp3) is 0.632. The summed E-state index contributed by atoms with van der Waals surface area (Å²) in [6.07, 6.45) is 2.03. The highest BCUT2D eigenvalue weighted by Crippen LogP contribution is 2.26. The van der Waals surface area contributed by atoms with E-state index >= 15 is 0 Å². The Morgan fingerprint density at radius 2 is 2.00 bits per heavy atom. The number of hydrogen-bond acceptors (Lipinski definition) is 3. The molecule has 0 aliphatic carbocycles. The third kappa shape index (κ3) is 5.43. The lowest BCUT2D eigenvalue weighted by Gasteiger charge is -2.41. The molecule has 0 spiro atoms. The lowest BCUT2D eigenvalue weighted by atomic mass is 9.89. The summed E-state index contributed by atoms with van der Waals surface area (Å²) in [5, 5.41) is 6.90. The molecule has 2 N–H and O–H groups in total. The van der Waals surface area contributed by atoms with Gasteiger partial charge in [0.2, 0.25) is 0 Å². The summed E-state index contributed by atoms with van der Waals surface area (Å²) in [6.45, 7) is 7.48. The average molecular weight is 411 g/mol. The molecular weight excluding hydrogens is 380 g/mol. The molecule has 1 aromatic carbocycles. The summed E-state index contributed by atoms with van der Waals surface area (Å²) in [5.74, 6) is 0.860. The summed E-state index contributed by atoms with van der Waals surface area (Å²) in [7, 11) is 4.29. The van der Waals surface area contributed by atoms with Gasteiger partial charge in [0.05, 0.1) is 12.6 Å². The number of likely N-dealkylation sites (N-methyl/N-ethyl adjacent to an activating group) is 1. The number of benzene rings is 1. The van der Waals surface area contributed by atoms with Crippen LogP contribution in [0, 0.1) is 0 Å². The molecule has 1 unspecified atom stereocenters. The van der Waals surface area contributed by atoms with E-state index in [9.17, 15) is 0 Å². The van der Waals surface area contributed by atoms with Crippen LogP contribution in [-0.2, 0) is 4.74 Å². The van der Waals surface area contributed by atoms with Crippen molar-refractivity contribution in [3.8, 4) is 0 Å². The van der Waals surface area contributed by atoms with Crippen LogP contribution in [0.3, 0.4) is 0 Å². The number of halogens is 1. The zero-order chi connectivity index (χ0) is 18.3. The van der Waals surface area contributed by atoms with Crippen LogP contribution in [0.4, 0.5) is 0 Å². The molecule has 1 fully saturated rings. The standard InChI is InChI=1S/C19H31BrN4O/c1-5-21-18(23-15(2)16-8-6-7-9-17(16)20)22-14-19(24(3)4)10-12-25-13-11-19/h6-9,15H,5,10-14H2,1-4H3,(H2,21,22,23). The lowest BCUT2D eigenvalue weighted by Crippen LogP contribution is -2.51. The molecule has 140 valence electrons. The van der Waals surface area contributed by atoms with Crippen molar-refractivity contribution in [2.75, 3.05) is 40.4 Å². The molecule has 2 rings (SSSR count). The average Bonchev–Trinajstić information content (AvgIpc) is 2.61. The van der Waals surface area contributed by atoms with E-state index in [-0.39, 0.29) is 11.6 Å². The predicted molar refractivity (Wildman–Crippen MR) is 108 cm³/mol. The highest BCUT2D eigenvalue weighted by Gasteiger charge is 2.34. The van der Waals surface area contributed by atoms with E-state index in [4.69, 9.17) is 9.73 Å². The van der Waals surface area contributed by atoms with E-state index in [1.165, 1.54) is 5.56 Å². The Morgan fingerprint density at radius 3 is 2.60 bits per heavy atom. The second kappa shape index (κ2) is 9.55. The number of rotatable bonds is 6. The van der Waals surface area contributed by atoms with Crippen molar-refractivity contribution in [3.05, 3.63) is 34.3 Å². The first-order chi connectivity index (χ1) is 12.0. The van der Waals surface area contributed by atoms with Crippen molar-refractivity contribution >= 4 is 21.9 Å². The molecule has 5 nitrogen and oxygen atoms in total. The monoisotopic (exact) mass is 410 g/mol. The number of nitrogens with one attached hydrogen (secondary N) is 2. The summed E-state index contributed by atoms with van der Waals surface area (Å²) >= 11 is 3.63. The molecule has 25 heavy (non-hydrogen) atoms. The van der Waals surface area contributed by atoms with E-state index < -0.39 is 0 Å². The van der Waals surface area contributed by atoms with Gasteiger partial charge in [-0.25, -0.2) is 0 Å². The van der Waals surface area contributed by atoms with E-state index in [0.29, 0.717) is 0 Å². The van der Waals surface area contributed by atoms with Crippen LogP contribution in [0.5, 0.6) is 0 Å². The van der Waals surface area contributed by atoms with Crippen LogP contribution < -0.4 is 10.6 Å². The molecule has 1 heterocycles. The second-order valence-electron chi connectivity index (χ2n) is 6.81. The predicted octanol–water partition coefficient (Wildman–Crippen LogP) is 3.18. The van der Waals surface area contributed by atoms with Crippen molar-refractivity contribution in [2.24, 2.45) is 4.99 Å². The van der Waals surface area contributed by atoms with Gasteiger partial charge in [0, 0.05) is 29.8 Å². The number of hydrogen-bond donors (Lipinski definition) is 2. The zero-order valence-electron chi connectivity index (χ0n) is 15.8. The van der Waals surface area contributed by atoms with E-state index in [1.54, 1.807) is 0 Å². The number of guanidine groups is 1. The van der Waals surface area contributed by atoms with Gasteiger partial charge in [-0.15, -0.1) is 0 Å². The van der Waals surface area contributed by atoms with Gasteiger partial charge in [0.15, 0.2) is 5.96 Å². The second-order valence-corrected chi connectivity index (χ2v) is 7.67. The maximum atomic E-state index is 5.55. The molecule has 1 saturated heterocycles. The Hall–Kier alpha value is -1.11. The molecule has 1 atom stereocenters. The highest BCUT2D eigenvalue weighted by molar-refractivity contribution is 9.10. The molecule has 1 aliphatic rings. The molecular formula is C19H31BrN4O. The quantitative estimate of drug-likeness (QED) is 0.558. The van der Waals surface area contributed by atoms with Crippen LogP contribution in [0.15, 0.2) is 33.7 Å². The van der Waals surface area contributed by atoms with Gasteiger partial charge >= 0.3 is 0 Å². The topological polar surface area (TPSA) is 48.9 Å². The summed E-state index contributed by atoms with van der Waals surface area (Å²) in [6, 6.07) is 8.46. The van der Waals surface area contributed by atoms with Gasteiger partial charge in [0.1, 0.15) is 0 Å². The molecule has 0 aromatic heterocycles. The number of ether oxygens (including phenoxy) is 1. The van der Waals surface area contributed by atoms with Gasteiger partial charge in [-0.1, -0.05) is 34.1 Å². The Balaban J connectivity index is 2.10. The first kappa shape index (κ1) is 20.2. The lowest BCUT2D eigenvalue weighted by molar-refractivity contribution is -0.00255. The molecule has 0 radical (unpaired) electrons. The van der Waals surface area contributed by atoms with Crippen LogP contribution in [0.25, 0.3) is 0 Å². The van der Waals surface area contributed by atoms with Gasteiger partial charge < -0.3 is 20.3 Å². The summed E-state index contributed by atoms with van der Waals surface area (Å²) < 4.78 is 6.66. The summed E-state index contributed by atoms with van der Waals surface area (Å²) in [4.78, 5) is 7.21.